The molecule has 23 heavy (non-hydrogen) atoms. The molecule has 1 aliphatic rings. The molecule has 1 fully saturated rings. The lowest BCUT2D eigenvalue weighted by Gasteiger charge is -2.14. The van der Waals surface area contributed by atoms with Gasteiger partial charge in [0, 0.05) is 17.6 Å². The van der Waals surface area contributed by atoms with E-state index in [0.29, 0.717) is 12.1 Å². The zero-order chi connectivity index (χ0) is 18.3. The zero-order valence-corrected chi connectivity index (χ0v) is 16.7. The number of nitrogens with one attached hydrogen (secondary N) is 1. The van der Waals surface area contributed by atoms with Gasteiger partial charge in [-0.3, -0.25) is 4.79 Å². The summed E-state index contributed by atoms with van der Waals surface area (Å²) in [7, 11) is 0. The van der Waals surface area contributed by atoms with Crippen LogP contribution < -0.4 is 5.32 Å². The van der Waals surface area contributed by atoms with Crippen molar-refractivity contribution in [3.05, 3.63) is 16.6 Å². The average Bonchev–Trinajstić information content (AvgIpc) is 3.11. The lowest BCUT2D eigenvalue weighted by Crippen LogP contribution is -2.25. The van der Waals surface area contributed by atoms with Crippen LogP contribution in [0.1, 0.15) is 78.8 Å². The van der Waals surface area contributed by atoms with Crippen LogP contribution in [0.25, 0.3) is 0 Å². The maximum absolute atomic E-state index is 8.36. The maximum Gasteiger partial charge on any atom is 0.290 e. The van der Waals surface area contributed by atoms with Gasteiger partial charge in [0.2, 0.25) is 0 Å². The molecule has 1 aliphatic heterocycles. The van der Waals surface area contributed by atoms with E-state index in [0.717, 1.165) is 11.8 Å². The second-order valence-corrected chi connectivity index (χ2v) is 7.26. The number of rotatable bonds is 3. The highest BCUT2D eigenvalue weighted by atomic mass is 32.1. The van der Waals surface area contributed by atoms with Crippen molar-refractivity contribution in [1.82, 2.24) is 10.3 Å². The van der Waals surface area contributed by atoms with E-state index in [9.17, 15) is 0 Å². The second-order valence-electron chi connectivity index (χ2n) is 6.33. The molecule has 0 aliphatic carbocycles. The van der Waals surface area contributed by atoms with Gasteiger partial charge in [-0.25, -0.2) is 4.98 Å². The third kappa shape index (κ3) is 14.4. The molecule has 1 saturated heterocycles. The fraction of sp³-hybridized carbons (Fsp3) is 0.778. The van der Waals surface area contributed by atoms with Crippen molar-refractivity contribution in [2.45, 2.75) is 79.8 Å². The molecule has 0 radical (unpaired) electrons. The van der Waals surface area contributed by atoms with Crippen molar-refractivity contribution in [3.63, 3.8) is 0 Å². The highest BCUT2D eigenvalue weighted by molar-refractivity contribution is 7.09. The molecule has 0 amide bonds. The second kappa shape index (κ2) is 15.9. The topological polar surface area (TPSA) is 62.2 Å². The summed E-state index contributed by atoms with van der Waals surface area (Å²) in [6.07, 6.45) is 5.76. The van der Waals surface area contributed by atoms with E-state index in [1.165, 1.54) is 24.3 Å². The Morgan fingerprint density at radius 3 is 2.22 bits per heavy atom. The van der Waals surface area contributed by atoms with Gasteiger partial charge in [0.1, 0.15) is 5.01 Å². The van der Waals surface area contributed by atoms with Gasteiger partial charge in [-0.05, 0) is 31.1 Å². The summed E-state index contributed by atoms with van der Waals surface area (Å²) >= 11 is 1.77. The molecular formula is C18H36N2O2S. The van der Waals surface area contributed by atoms with Crippen LogP contribution in [0.5, 0.6) is 0 Å². The monoisotopic (exact) mass is 344 g/mol. The molecule has 1 aromatic rings. The van der Waals surface area contributed by atoms with Crippen LogP contribution in [0.3, 0.4) is 0 Å². The number of hydrogen-bond acceptors (Lipinski definition) is 4. The van der Waals surface area contributed by atoms with E-state index < -0.39 is 0 Å². The van der Waals surface area contributed by atoms with E-state index in [-0.39, 0.29) is 6.47 Å². The van der Waals surface area contributed by atoms with Crippen LogP contribution in [0.2, 0.25) is 0 Å². The highest BCUT2D eigenvalue weighted by Gasteiger charge is 2.26. The first-order valence-electron chi connectivity index (χ1n) is 8.63. The molecule has 136 valence electrons. The Morgan fingerprint density at radius 2 is 1.83 bits per heavy atom. The molecule has 4 nitrogen and oxygen atoms in total. The minimum absolute atomic E-state index is 0.250. The van der Waals surface area contributed by atoms with Crippen LogP contribution in [0, 0.1) is 11.8 Å². The lowest BCUT2D eigenvalue weighted by atomic mass is 10.0. The van der Waals surface area contributed by atoms with Gasteiger partial charge in [0.15, 0.2) is 0 Å². The van der Waals surface area contributed by atoms with Crippen molar-refractivity contribution in [3.8, 4) is 0 Å². The Morgan fingerprint density at radius 1 is 1.30 bits per heavy atom. The van der Waals surface area contributed by atoms with Gasteiger partial charge in [-0.15, -0.1) is 11.3 Å². The SMILES string of the molecule is CC.CC(C)C.CC(C)CC1CC[C@H](c2nccs2)N1.O=CO. The summed E-state index contributed by atoms with van der Waals surface area (Å²) in [6.45, 7) is 14.8. The average molecular weight is 345 g/mol. The normalized spacial score (nSPS) is 19.0. The first kappa shape index (κ1) is 24.3. The third-order valence-electron chi connectivity index (χ3n) is 2.75. The first-order valence-corrected chi connectivity index (χ1v) is 9.51. The minimum atomic E-state index is -0.250. The summed E-state index contributed by atoms with van der Waals surface area (Å²) < 4.78 is 0. The van der Waals surface area contributed by atoms with E-state index in [1.807, 2.05) is 20.0 Å². The fourth-order valence-corrected chi connectivity index (χ4v) is 2.91. The highest BCUT2D eigenvalue weighted by Crippen LogP contribution is 2.29. The Balaban J connectivity index is 0. The van der Waals surface area contributed by atoms with Crippen molar-refractivity contribution >= 4 is 17.8 Å². The van der Waals surface area contributed by atoms with Gasteiger partial charge >= 0.3 is 0 Å². The van der Waals surface area contributed by atoms with E-state index in [4.69, 9.17) is 9.90 Å². The van der Waals surface area contributed by atoms with Gasteiger partial charge in [-0.2, -0.15) is 0 Å². The Bertz CT molecular complexity index is 351. The molecule has 0 spiro atoms. The van der Waals surface area contributed by atoms with E-state index in [1.54, 1.807) is 11.3 Å². The maximum atomic E-state index is 8.36. The van der Waals surface area contributed by atoms with Crippen molar-refractivity contribution < 1.29 is 9.90 Å². The largest absolute Gasteiger partial charge is 0.483 e. The van der Waals surface area contributed by atoms with Crippen molar-refractivity contribution in [2.75, 3.05) is 0 Å². The fourth-order valence-electron chi connectivity index (χ4n) is 2.18. The molecule has 1 unspecified atom stereocenters. The van der Waals surface area contributed by atoms with Crippen molar-refractivity contribution in [1.29, 1.82) is 0 Å². The van der Waals surface area contributed by atoms with E-state index >= 15 is 0 Å². The van der Waals surface area contributed by atoms with Crippen LogP contribution in [0.4, 0.5) is 0 Å². The summed E-state index contributed by atoms with van der Waals surface area (Å²) in [5.74, 6) is 1.63. The number of carbonyl (C=O) groups is 1. The molecule has 0 saturated carbocycles. The quantitative estimate of drug-likeness (QED) is 0.723. The molecule has 2 N–H and O–H groups in total. The molecule has 5 heteroatoms. The number of aromatic nitrogens is 1. The van der Waals surface area contributed by atoms with Crippen LogP contribution in [-0.4, -0.2) is 22.6 Å². The standard InChI is InChI=1S/C11H18N2S.C4H10.C2H6.CH2O2/c1-8(2)7-9-3-4-10(13-9)11-12-5-6-14-11;1-4(2)3;1-2;2-1-3/h5-6,8-10,13H,3-4,7H2,1-2H3;4H,1-3H3;1-2H3;1H,(H,2,3)/t9?,10-;;;/m1.../s1. The smallest absolute Gasteiger partial charge is 0.290 e. The Labute approximate surface area is 146 Å². The van der Waals surface area contributed by atoms with Crippen molar-refractivity contribution in [2.24, 2.45) is 11.8 Å². The van der Waals surface area contributed by atoms with Gasteiger partial charge in [0.05, 0.1) is 6.04 Å². The first-order chi connectivity index (χ1) is 10.9. The molecule has 1 aromatic heterocycles. The predicted molar refractivity (Wildman–Crippen MR) is 101 cm³/mol. The molecule has 2 atom stereocenters. The zero-order valence-electron chi connectivity index (χ0n) is 15.9. The molecule has 0 bridgehead atoms. The number of thiazole rings is 1. The molecule has 2 heterocycles. The van der Waals surface area contributed by atoms with Gasteiger partial charge in [0.25, 0.3) is 6.47 Å². The Hall–Kier alpha value is -0.940. The Kier molecular flexibility index (Phi) is 16.8. The van der Waals surface area contributed by atoms with Gasteiger partial charge in [-0.1, -0.05) is 48.5 Å². The summed E-state index contributed by atoms with van der Waals surface area (Å²) in [4.78, 5) is 12.7. The predicted octanol–water partition coefficient (Wildman–Crippen LogP) is 5.37. The van der Waals surface area contributed by atoms with Crippen LogP contribution in [-0.2, 0) is 4.79 Å². The summed E-state index contributed by atoms with van der Waals surface area (Å²) in [6, 6.07) is 1.24. The minimum Gasteiger partial charge on any atom is -0.483 e. The number of nitrogens with zero attached hydrogens (tertiary/aromatic N) is 1. The third-order valence-corrected chi connectivity index (χ3v) is 3.64. The summed E-state index contributed by atoms with van der Waals surface area (Å²) in [5, 5.41) is 13.9. The van der Waals surface area contributed by atoms with Gasteiger partial charge < -0.3 is 10.4 Å². The van der Waals surface area contributed by atoms with E-state index in [2.05, 4.69) is 50.3 Å². The number of hydrogen-bond donors (Lipinski definition) is 2. The molecule has 2 rings (SSSR count). The molecular weight excluding hydrogens is 308 g/mol. The lowest BCUT2D eigenvalue weighted by molar-refractivity contribution is -0.122. The number of carboxylic acid groups (broad SMARTS) is 1. The van der Waals surface area contributed by atoms with Crippen LogP contribution in [0.15, 0.2) is 11.6 Å². The molecule has 0 aromatic carbocycles. The summed E-state index contributed by atoms with van der Waals surface area (Å²) in [5.41, 5.74) is 0. The van der Waals surface area contributed by atoms with Crippen LogP contribution >= 0.6 is 11.3 Å².